The monoisotopic (exact) mass is 338 g/mol. The average Bonchev–Trinajstić information content (AvgIpc) is 2.53. The van der Waals surface area contributed by atoms with Crippen LogP contribution in [-0.4, -0.2) is 9.97 Å². The van der Waals surface area contributed by atoms with Crippen LogP contribution < -0.4 is 10.6 Å². The number of aryl methyl sites for hydroxylation is 3. The van der Waals surface area contributed by atoms with Gasteiger partial charge in [0.15, 0.2) is 0 Å². The van der Waals surface area contributed by atoms with E-state index < -0.39 is 0 Å². The number of nitrogens with one attached hydrogen (secondary N) is 2. The molecular formula is C19H19ClN4. The molecule has 0 fully saturated rings. The molecule has 0 bridgehead atoms. The predicted molar refractivity (Wildman–Crippen MR) is 101 cm³/mol. The molecule has 0 unspecified atom stereocenters. The number of halogens is 1. The fourth-order valence-electron chi connectivity index (χ4n) is 2.39. The molecule has 0 atom stereocenters. The maximum atomic E-state index is 6.08. The Balaban J connectivity index is 1.89. The minimum atomic E-state index is 0.538. The first kappa shape index (κ1) is 16.3. The molecule has 0 aliphatic rings. The van der Waals surface area contributed by atoms with Crippen molar-refractivity contribution in [3.63, 3.8) is 0 Å². The molecule has 122 valence electrons. The van der Waals surface area contributed by atoms with Crippen LogP contribution in [0.15, 0.2) is 48.5 Å². The number of hydrogen-bond donors (Lipinski definition) is 2. The first-order valence-electron chi connectivity index (χ1n) is 7.73. The largest absolute Gasteiger partial charge is 0.340 e. The number of nitrogens with zero attached hydrogens (tertiary/aromatic N) is 2. The summed E-state index contributed by atoms with van der Waals surface area (Å²) in [4.78, 5) is 9.02. The molecule has 1 aromatic heterocycles. The zero-order valence-corrected chi connectivity index (χ0v) is 14.6. The van der Waals surface area contributed by atoms with Crippen molar-refractivity contribution in [3.8, 4) is 0 Å². The molecule has 0 saturated heterocycles. The summed E-state index contributed by atoms with van der Waals surface area (Å²) in [6, 6.07) is 15.7. The van der Waals surface area contributed by atoms with Crippen LogP contribution in [0.4, 0.5) is 23.1 Å². The van der Waals surface area contributed by atoms with Gasteiger partial charge in [-0.1, -0.05) is 35.9 Å². The summed E-state index contributed by atoms with van der Waals surface area (Å²) < 4.78 is 0. The summed E-state index contributed by atoms with van der Waals surface area (Å²) in [6.45, 7) is 6.02. The lowest BCUT2D eigenvalue weighted by atomic mass is 10.2. The van der Waals surface area contributed by atoms with Crippen molar-refractivity contribution >= 4 is 34.7 Å². The normalized spacial score (nSPS) is 10.5. The highest BCUT2D eigenvalue weighted by atomic mass is 35.5. The third kappa shape index (κ3) is 3.84. The summed E-state index contributed by atoms with van der Waals surface area (Å²) in [5.41, 5.74) is 5.05. The molecule has 0 saturated carbocycles. The van der Waals surface area contributed by atoms with Gasteiger partial charge in [-0.2, -0.15) is 4.98 Å². The van der Waals surface area contributed by atoms with Crippen LogP contribution in [-0.2, 0) is 0 Å². The molecular weight excluding hydrogens is 320 g/mol. The van der Waals surface area contributed by atoms with E-state index in [1.165, 1.54) is 0 Å². The maximum Gasteiger partial charge on any atom is 0.229 e. The molecule has 2 N–H and O–H groups in total. The molecule has 5 heteroatoms. The minimum Gasteiger partial charge on any atom is -0.340 e. The lowest BCUT2D eigenvalue weighted by molar-refractivity contribution is 1.10. The van der Waals surface area contributed by atoms with E-state index in [1.54, 1.807) is 0 Å². The third-order valence-corrected chi connectivity index (χ3v) is 3.94. The van der Waals surface area contributed by atoms with E-state index >= 15 is 0 Å². The topological polar surface area (TPSA) is 49.8 Å². The quantitative estimate of drug-likeness (QED) is 0.655. The summed E-state index contributed by atoms with van der Waals surface area (Å²) in [7, 11) is 0. The van der Waals surface area contributed by atoms with Crippen LogP contribution in [0.1, 0.15) is 16.8 Å². The standard InChI is InChI=1S/C19H19ClN4/c1-12-6-4-5-7-16(12)22-18-10-14(3)21-19(24-18)23-17-11-15(20)9-8-13(17)2/h4-11H,1-3H3,(H2,21,22,23,24). The van der Waals surface area contributed by atoms with E-state index in [4.69, 9.17) is 11.6 Å². The molecule has 4 nitrogen and oxygen atoms in total. The molecule has 0 amide bonds. The van der Waals surface area contributed by atoms with E-state index in [0.717, 1.165) is 34.0 Å². The first-order valence-corrected chi connectivity index (χ1v) is 8.10. The van der Waals surface area contributed by atoms with Gasteiger partial charge in [-0.25, -0.2) is 4.98 Å². The highest BCUT2D eigenvalue weighted by Crippen LogP contribution is 2.24. The number of benzene rings is 2. The molecule has 0 radical (unpaired) electrons. The van der Waals surface area contributed by atoms with Crippen molar-refractivity contribution in [3.05, 3.63) is 70.4 Å². The number of rotatable bonds is 4. The molecule has 0 spiro atoms. The van der Waals surface area contributed by atoms with Gasteiger partial charge in [0.2, 0.25) is 5.95 Å². The lowest BCUT2D eigenvalue weighted by Crippen LogP contribution is -2.03. The Kier molecular flexibility index (Phi) is 4.67. The van der Waals surface area contributed by atoms with Crippen LogP contribution in [0, 0.1) is 20.8 Å². The SMILES string of the molecule is Cc1cc(Nc2ccccc2C)nc(Nc2cc(Cl)ccc2C)n1. The van der Waals surface area contributed by atoms with Crippen molar-refractivity contribution in [1.29, 1.82) is 0 Å². The van der Waals surface area contributed by atoms with E-state index in [1.807, 2.05) is 56.3 Å². The zero-order valence-electron chi connectivity index (χ0n) is 13.9. The molecule has 0 aliphatic carbocycles. The Morgan fingerprint density at radius 1 is 0.792 bits per heavy atom. The van der Waals surface area contributed by atoms with Crippen LogP contribution in [0.25, 0.3) is 0 Å². The Morgan fingerprint density at radius 3 is 2.33 bits per heavy atom. The Hall–Kier alpha value is -2.59. The van der Waals surface area contributed by atoms with Gasteiger partial charge >= 0.3 is 0 Å². The number of aromatic nitrogens is 2. The first-order chi connectivity index (χ1) is 11.5. The van der Waals surface area contributed by atoms with Gasteiger partial charge in [-0.15, -0.1) is 0 Å². The summed E-state index contributed by atoms with van der Waals surface area (Å²) in [6.07, 6.45) is 0. The zero-order chi connectivity index (χ0) is 17.1. The van der Waals surface area contributed by atoms with E-state index in [-0.39, 0.29) is 0 Å². The Labute approximate surface area is 146 Å². The second kappa shape index (κ2) is 6.89. The van der Waals surface area contributed by atoms with Crippen molar-refractivity contribution in [2.75, 3.05) is 10.6 Å². The van der Waals surface area contributed by atoms with Crippen molar-refractivity contribution in [1.82, 2.24) is 9.97 Å². The van der Waals surface area contributed by atoms with Crippen molar-refractivity contribution in [2.24, 2.45) is 0 Å². The third-order valence-electron chi connectivity index (χ3n) is 3.71. The number of para-hydroxylation sites is 1. The molecule has 3 aromatic rings. The van der Waals surface area contributed by atoms with Crippen molar-refractivity contribution < 1.29 is 0 Å². The van der Waals surface area contributed by atoms with Crippen LogP contribution in [0.2, 0.25) is 5.02 Å². The molecule has 1 heterocycles. The number of hydrogen-bond acceptors (Lipinski definition) is 4. The van der Waals surface area contributed by atoms with Gasteiger partial charge in [0.1, 0.15) is 5.82 Å². The van der Waals surface area contributed by atoms with Crippen LogP contribution in [0.3, 0.4) is 0 Å². The highest BCUT2D eigenvalue weighted by Gasteiger charge is 2.06. The summed E-state index contributed by atoms with van der Waals surface area (Å²) in [5, 5.41) is 7.27. The second-order valence-corrected chi connectivity index (χ2v) is 6.18. The fraction of sp³-hybridized carbons (Fsp3) is 0.158. The number of anilines is 4. The Morgan fingerprint density at radius 2 is 1.54 bits per heavy atom. The van der Waals surface area contributed by atoms with Gasteiger partial charge in [0.25, 0.3) is 0 Å². The molecule has 0 aliphatic heterocycles. The lowest BCUT2D eigenvalue weighted by Gasteiger charge is -2.12. The van der Waals surface area contributed by atoms with Crippen LogP contribution >= 0.6 is 11.6 Å². The minimum absolute atomic E-state index is 0.538. The summed E-state index contributed by atoms with van der Waals surface area (Å²) >= 11 is 6.08. The molecule has 3 rings (SSSR count). The van der Waals surface area contributed by atoms with E-state index in [9.17, 15) is 0 Å². The van der Waals surface area contributed by atoms with Gasteiger partial charge in [0, 0.05) is 28.2 Å². The predicted octanol–water partition coefficient (Wildman–Crippen LogP) is 5.54. The molecule has 24 heavy (non-hydrogen) atoms. The average molecular weight is 339 g/mol. The molecule has 2 aromatic carbocycles. The van der Waals surface area contributed by atoms with Gasteiger partial charge in [0.05, 0.1) is 0 Å². The highest BCUT2D eigenvalue weighted by molar-refractivity contribution is 6.30. The summed E-state index contributed by atoms with van der Waals surface area (Å²) in [5.74, 6) is 1.29. The second-order valence-electron chi connectivity index (χ2n) is 5.74. The van der Waals surface area contributed by atoms with E-state index in [0.29, 0.717) is 11.0 Å². The maximum absolute atomic E-state index is 6.08. The van der Waals surface area contributed by atoms with E-state index in [2.05, 4.69) is 33.6 Å². The Bertz CT molecular complexity index is 877. The van der Waals surface area contributed by atoms with Gasteiger partial charge in [-0.05, 0) is 50.1 Å². The fourth-order valence-corrected chi connectivity index (χ4v) is 2.56. The van der Waals surface area contributed by atoms with Gasteiger partial charge in [-0.3, -0.25) is 0 Å². The van der Waals surface area contributed by atoms with Crippen LogP contribution in [0.5, 0.6) is 0 Å². The smallest absolute Gasteiger partial charge is 0.229 e. The van der Waals surface area contributed by atoms with Crippen molar-refractivity contribution in [2.45, 2.75) is 20.8 Å². The van der Waals surface area contributed by atoms with Gasteiger partial charge < -0.3 is 10.6 Å².